The molecule has 1 aliphatic carbocycles. The minimum Gasteiger partial charge on any atom is -0.341 e. The zero-order chi connectivity index (χ0) is 18.8. The predicted octanol–water partition coefficient (Wildman–Crippen LogP) is 3.75. The van der Waals surface area contributed by atoms with E-state index in [0.717, 1.165) is 29.9 Å². The highest BCUT2D eigenvalue weighted by atomic mass is 32.2. The molecule has 1 aliphatic heterocycles. The zero-order valence-electron chi connectivity index (χ0n) is 16.0. The molecule has 0 atom stereocenters. The van der Waals surface area contributed by atoms with Gasteiger partial charge in [0.15, 0.2) is 5.16 Å². The van der Waals surface area contributed by atoms with Gasteiger partial charge in [0.1, 0.15) is 0 Å². The quantitative estimate of drug-likeness (QED) is 0.680. The Morgan fingerprint density at radius 3 is 2.52 bits per heavy atom. The Morgan fingerprint density at radius 2 is 1.89 bits per heavy atom. The van der Waals surface area contributed by atoms with Crippen molar-refractivity contribution >= 4 is 29.3 Å². The fourth-order valence-electron chi connectivity index (χ4n) is 3.67. The fraction of sp³-hybridized carbons (Fsp3) is 0.550. The first-order chi connectivity index (χ1) is 13.1. The highest BCUT2D eigenvalue weighted by Gasteiger charge is 2.32. The van der Waals surface area contributed by atoms with Gasteiger partial charge in [-0.2, -0.15) is 0 Å². The first-order valence-corrected chi connectivity index (χ1v) is 10.8. The first kappa shape index (κ1) is 18.3. The van der Waals surface area contributed by atoms with Crippen LogP contribution in [0.3, 0.4) is 0 Å². The summed E-state index contributed by atoms with van der Waals surface area (Å²) in [5.74, 6) is 1.47. The molecule has 2 heterocycles. The Kier molecular flexibility index (Phi) is 5.38. The molecule has 4 rings (SSSR count). The summed E-state index contributed by atoms with van der Waals surface area (Å²) in [7, 11) is 0. The number of carbonyl (C=O) groups excluding carboxylic acids is 1. The van der Waals surface area contributed by atoms with E-state index in [9.17, 15) is 4.79 Å². The van der Waals surface area contributed by atoms with Gasteiger partial charge in [0, 0.05) is 30.9 Å². The predicted molar refractivity (Wildman–Crippen MR) is 110 cm³/mol. The van der Waals surface area contributed by atoms with Gasteiger partial charge in [-0.15, -0.1) is 10.2 Å². The Balaban J connectivity index is 1.48. The minimum atomic E-state index is 0.106. The van der Waals surface area contributed by atoms with E-state index in [4.69, 9.17) is 0 Å². The van der Waals surface area contributed by atoms with Crippen LogP contribution in [0.2, 0.25) is 0 Å². The lowest BCUT2D eigenvalue weighted by Crippen LogP contribution is -2.38. The molecule has 0 N–H and O–H groups in total. The van der Waals surface area contributed by atoms with Crippen molar-refractivity contribution in [1.82, 2.24) is 14.8 Å². The van der Waals surface area contributed by atoms with Crippen molar-refractivity contribution in [3.63, 3.8) is 0 Å². The molecule has 0 spiro atoms. The molecule has 0 bridgehead atoms. The van der Waals surface area contributed by atoms with Crippen molar-refractivity contribution in [2.75, 3.05) is 28.6 Å². The van der Waals surface area contributed by atoms with Gasteiger partial charge in [-0.25, -0.2) is 0 Å². The summed E-state index contributed by atoms with van der Waals surface area (Å²) >= 11 is 1.51. The number of thioether (sulfide) groups is 1. The van der Waals surface area contributed by atoms with Gasteiger partial charge < -0.3 is 9.80 Å². The van der Waals surface area contributed by atoms with Crippen LogP contribution in [0.4, 0.5) is 11.6 Å². The molecule has 27 heavy (non-hydrogen) atoms. The molecule has 6 nitrogen and oxygen atoms in total. The number of anilines is 2. The van der Waals surface area contributed by atoms with Crippen LogP contribution in [0.5, 0.6) is 0 Å². The molecule has 0 radical (unpaired) electrons. The SMILES string of the molecule is CC(C)N(C(=O)CSc1nnc(N2CCCC2)n1C1CC1)c1ccccc1. The van der Waals surface area contributed by atoms with E-state index in [0.29, 0.717) is 11.8 Å². The van der Waals surface area contributed by atoms with Crippen molar-refractivity contribution in [1.29, 1.82) is 0 Å². The van der Waals surface area contributed by atoms with Gasteiger partial charge in [-0.3, -0.25) is 9.36 Å². The molecular formula is C20H27N5OS. The van der Waals surface area contributed by atoms with Crippen LogP contribution < -0.4 is 9.80 Å². The number of carbonyl (C=O) groups is 1. The van der Waals surface area contributed by atoms with Crippen molar-refractivity contribution in [2.24, 2.45) is 0 Å². The molecule has 1 aromatic heterocycles. The topological polar surface area (TPSA) is 54.3 Å². The Bertz CT molecular complexity index is 781. The number of hydrogen-bond acceptors (Lipinski definition) is 5. The van der Waals surface area contributed by atoms with Gasteiger partial charge in [-0.05, 0) is 51.7 Å². The van der Waals surface area contributed by atoms with Crippen molar-refractivity contribution in [3.05, 3.63) is 30.3 Å². The van der Waals surface area contributed by atoms with Crippen molar-refractivity contribution in [3.8, 4) is 0 Å². The van der Waals surface area contributed by atoms with E-state index in [-0.39, 0.29) is 11.9 Å². The second-order valence-corrected chi connectivity index (χ2v) is 8.50. The third kappa shape index (κ3) is 3.98. The molecule has 2 aromatic rings. The average molecular weight is 386 g/mol. The summed E-state index contributed by atoms with van der Waals surface area (Å²) in [4.78, 5) is 17.2. The van der Waals surface area contributed by atoms with Crippen LogP contribution in [-0.4, -0.2) is 45.6 Å². The molecule has 2 fully saturated rings. The van der Waals surface area contributed by atoms with Crippen LogP contribution >= 0.6 is 11.8 Å². The molecule has 2 aliphatic rings. The van der Waals surface area contributed by atoms with E-state index in [2.05, 4.69) is 19.7 Å². The Labute approximate surface area is 164 Å². The monoisotopic (exact) mass is 385 g/mol. The van der Waals surface area contributed by atoms with Crippen molar-refractivity contribution < 1.29 is 4.79 Å². The van der Waals surface area contributed by atoms with Gasteiger partial charge in [0.2, 0.25) is 11.9 Å². The van der Waals surface area contributed by atoms with E-state index < -0.39 is 0 Å². The fourth-order valence-corrected chi connectivity index (χ4v) is 4.53. The lowest BCUT2D eigenvalue weighted by Gasteiger charge is -2.26. The van der Waals surface area contributed by atoms with Gasteiger partial charge >= 0.3 is 0 Å². The van der Waals surface area contributed by atoms with Gasteiger partial charge in [-0.1, -0.05) is 30.0 Å². The van der Waals surface area contributed by atoms with E-state index in [1.807, 2.05) is 49.1 Å². The summed E-state index contributed by atoms with van der Waals surface area (Å²) in [5.41, 5.74) is 0.944. The number of para-hydroxylation sites is 1. The van der Waals surface area contributed by atoms with Crippen molar-refractivity contribution in [2.45, 2.75) is 56.8 Å². The molecule has 1 aromatic carbocycles. The van der Waals surface area contributed by atoms with Crippen LogP contribution in [-0.2, 0) is 4.79 Å². The number of rotatable bonds is 7. The maximum Gasteiger partial charge on any atom is 0.237 e. The largest absolute Gasteiger partial charge is 0.341 e. The number of aromatic nitrogens is 3. The second-order valence-electron chi connectivity index (χ2n) is 7.56. The number of hydrogen-bond donors (Lipinski definition) is 0. The molecule has 7 heteroatoms. The van der Waals surface area contributed by atoms with E-state index >= 15 is 0 Å². The average Bonchev–Trinajstić information content (AvgIpc) is 3.18. The number of benzene rings is 1. The summed E-state index contributed by atoms with van der Waals surface area (Å²) in [6.45, 7) is 6.22. The van der Waals surface area contributed by atoms with Gasteiger partial charge in [0.05, 0.1) is 5.75 Å². The second kappa shape index (κ2) is 7.92. The lowest BCUT2D eigenvalue weighted by atomic mass is 10.2. The number of amides is 1. The molecular weight excluding hydrogens is 358 g/mol. The standard InChI is InChI=1S/C20H27N5OS/c1-15(2)24(16-8-4-3-5-9-16)18(26)14-27-20-22-21-19(23-12-6-7-13-23)25(20)17-10-11-17/h3-5,8-9,15,17H,6-7,10-14H2,1-2H3. The third-order valence-electron chi connectivity index (χ3n) is 5.09. The number of nitrogens with zero attached hydrogens (tertiary/aromatic N) is 5. The highest BCUT2D eigenvalue weighted by Crippen LogP contribution is 2.41. The normalized spacial score (nSPS) is 16.9. The van der Waals surface area contributed by atoms with Gasteiger partial charge in [0.25, 0.3) is 0 Å². The summed E-state index contributed by atoms with van der Waals surface area (Å²) in [6, 6.07) is 10.5. The highest BCUT2D eigenvalue weighted by molar-refractivity contribution is 7.99. The zero-order valence-corrected chi connectivity index (χ0v) is 16.9. The minimum absolute atomic E-state index is 0.106. The smallest absolute Gasteiger partial charge is 0.237 e. The maximum absolute atomic E-state index is 13.0. The summed E-state index contributed by atoms with van der Waals surface area (Å²) < 4.78 is 2.27. The maximum atomic E-state index is 13.0. The third-order valence-corrected chi connectivity index (χ3v) is 6.02. The lowest BCUT2D eigenvalue weighted by molar-refractivity contribution is -0.116. The van der Waals surface area contributed by atoms with Crippen LogP contribution in [0, 0.1) is 0 Å². The molecule has 1 saturated carbocycles. The Hall–Kier alpha value is -2.02. The van der Waals surface area contributed by atoms with Crippen LogP contribution in [0.15, 0.2) is 35.5 Å². The molecule has 1 amide bonds. The first-order valence-electron chi connectivity index (χ1n) is 9.85. The van der Waals surface area contributed by atoms with Crippen LogP contribution in [0.25, 0.3) is 0 Å². The summed E-state index contributed by atoms with van der Waals surface area (Å²) in [5, 5.41) is 9.78. The van der Waals surface area contributed by atoms with E-state index in [1.54, 1.807) is 0 Å². The Morgan fingerprint density at radius 1 is 1.19 bits per heavy atom. The molecule has 0 unspecified atom stereocenters. The molecule has 1 saturated heterocycles. The molecule has 144 valence electrons. The van der Waals surface area contributed by atoms with E-state index in [1.165, 1.54) is 37.4 Å². The van der Waals surface area contributed by atoms with Crippen LogP contribution in [0.1, 0.15) is 45.6 Å². The summed E-state index contributed by atoms with van der Waals surface area (Å²) in [6.07, 6.45) is 4.81.